The summed E-state index contributed by atoms with van der Waals surface area (Å²) in [5.74, 6) is -0.192. The van der Waals surface area contributed by atoms with E-state index in [9.17, 15) is 9.59 Å². The van der Waals surface area contributed by atoms with Gasteiger partial charge in [-0.1, -0.05) is 37.0 Å². The quantitative estimate of drug-likeness (QED) is 0.487. The SMILES string of the molecule is COCON1C(=O)C(c2c(C)cc(C)cc2C)=C(OC(=O)C(C)(C)C)C12CCCCC2. The summed E-state index contributed by atoms with van der Waals surface area (Å²) in [6.07, 6.45) is 4.30. The van der Waals surface area contributed by atoms with E-state index in [4.69, 9.17) is 14.3 Å². The zero-order valence-corrected chi connectivity index (χ0v) is 19.9. The van der Waals surface area contributed by atoms with Crippen LogP contribution in [0.25, 0.3) is 5.57 Å². The first-order chi connectivity index (χ1) is 14.5. The minimum absolute atomic E-state index is 0.0485. The molecule has 1 aliphatic heterocycles. The van der Waals surface area contributed by atoms with Gasteiger partial charge in [0.15, 0.2) is 6.79 Å². The second kappa shape index (κ2) is 8.75. The molecule has 3 rings (SSSR count). The van der Waals surface area contributed by atoms with E-state index in [2.05, 4.69) is 12.1 Å². The number of methoxy groups -OCH3 is 1. The molecule has 1 heterocycles. The highest BCUT2D eigenvalue weighted by Gasteiger charge is 2.56. The fraction of sp³-hybridized carbons (Fsp3) is 0.600. The zero-order chi connectivity index (χ0) is 23.0. The van der Waals surface area contributed by atoms with Crippen LogP contribution in [-0.2, 0) is 23.9 Å². The van der Waals surface area contributed by atoms with Gasteiger partial charge < -0.3 is 9.47 Å². The Morgan fingerprint density at radius 2 is 1.65 bits per heavy atom. The maximum atomic E-state index is 13.8. The molecule has 1 spiro atoms. The van der Waals surface area contributed by atoms with Gasteiger partial charge in [-0.3, -0.25) is 9.59 Å². The van der Waals surface area contributed by atoms with Crippen LogP contribution in [0.5, 0.6) is 0 Å². The summed E-state index contributed by atoms with van der Waals surface area (Å²) >= 11 is 0. The van der Waals surface area contributed by atoms with Crippen molar-refractivity contribution in [2.24, 2.45) is 5.41 Å². The Balaban J connectivity index is 2.26. The lowest BCUT2D eigenvalue weighted by Crippen LogP contribution is -2.50. The van der Waals surface area contributed by atoms with Gasteiger partial charge >= 0.3 is 5.97 Å². The highest BCUT2D eigenvalue weighted by molar-refractivity contribution is 6.23. The van der Waals surface area contributed by atoms with Gasteiger partial charge in [0.25, 0.3) is 5.91 Å². The number of rotatable bonds is 5. The highest BCUT2D eigenvalue weighted by atomic mass is 16.8. The van der Waals surface area contributed by atoms with Crippen molar-refractivity contribution in [2.45, 2.75) is 79.2 Å². The van der Waals surface area contributed by atoms with Crippen molar-refractivity contribution in [2.75, 3.05) is 13.9 Å². The van der Waals surface area contributed by atoms with E-state index < -0.39 is 11.0 Å². The molecule has 1 aromatic rings. The third kappa shape index (κ3) is 4.28. The summed E-state index contributed by atoms with van der Waals surface area (Å²) in [4.78, 5) is 32.7. The number of ether oxygens (including phenoxy) is 2. The van der Waals surface area contributed by atoms with Crippen LogP contribution in [0.3, 0.4) is 0 Å². The number of hydrogen-bond donors (Lipinski definition) is 0. The molecule has 1 fully saturated rings. The number of benzene rings is 1. The maximum absolute atomic E-state index is 13.8. The van der Waals surface area contributed by atoms with Gasteiger partial charge in [0.05, 0.1) is 11.0 Å². The first-order valence-electron chi connectivity index (χ1n) is 11.0. The fourth-order valence-corrected chi connectivity index (χ4v) is 4.76. The Bertz CT molecular complexity index is 880. The molecule has 0 atom stereocenters. The molecule has 0 unspecified atom stereocenters. The van der Waals surface area contributed by atoms with Crippen molar-refractivity contribution in [1.29, 1.82) is 0 Å². The molecular weight excluding hydrogens is 394 g/mol. The predicted octanol–water partition coefficient (Wildman–Crippen LogP) is 4.99. The van der Waals surface area contributed by atoms with Crippen LogP contribution in [-0.4, -0.2) is 36.4 Å². The number of carbonyl (C=O) groups excluding carboxylic acids is 2. The normalized spacial score (nSPS) is 18.8. The monoisotopic (exact) mass is 429 g/mol. The van der Waals surface area contributed by atoms with E-state index in [1.165, 1.54) is 12.2 Å². The van der Waals surface area contributed by atoms with E-state index in [-0.39, 0.29) is 18.7 Å². The number of hydroxylamine groups is 2. The number of nitrogens with zero attached hydrogens (tertiary/aromatic N) is 1. The van der Waals surface area contributed by atoms with E-state index in [1.54, 1.807) is 0 Å². The van der Waals surface area contributed by atoms with Gasteiger partial charge in [0, 0.05) is 7.11 Å². The number of aryl methyl sites for hydroxylation is 3. The van der Waals surface area contributed by atoms with Crippen molar-refractivity contribution in [3.63, 3.8) is 0 Å². The van der Waals surface area contributed by atoms with Crippen LogP contribution in [0.2, 0.25) is 0 Å². The standard InChI is InChI=1S/C25H35NO5/c1-16-13-17(2)19(18(3)14-16)20-21(31-23(28)24(4,5)6)25(11-9-8-10-12-25)26(22(20)27)30-15-29-7/h13-14H,8-12,15H2,1-7H3. The zero-order valence-electron chi connectivity index (χ0n) is 19.9. The summed E-state index contributed by atoms with van der Waals surface area (Å²) < 4.78 is 11.2. The molecular formula is C25H35NO5. The fourth-order valence-electron chi connectivity index (χ4n) is 4.76. The largest absolute Gasteiger partial charge is 0.427 e. The predicted molar refractivity (Wildman–Crippen MR) is 119 cm³/mol. The maximum Gasteiger partial charge on any atom is 0.316 e. The van der Waals surface area contributed by atoms with Crippen LogP contribution < -0.4 is 0 Å². The Morgan fingerprint density at radius 1 is 1.06 bits per heavy atom. The molecule has 0 aromatic heterocycles. The average Bonchev–Trinajstić information content (AvgIpc) is 2.87. The Morgan fingerprint density at radius 3 is 2.16 bits per heavy atom. The van der Waals surface area contributed by atoms with Crippen molar-refractivity contribution >= 4 is 17.4 Å². The van der Waals surface area contributed by atoms with Crippen LogP contribution in [0.1, 0.15) is 75.1 Å². The third-order valence-electron chi connectivity index (χ3n) is 6.15. The van der Waals surface area contributed by atoms with E-state index >= 15 is 0 Å². The Hall–Kier alpha value is -2.18. The summed E-state index contributed by atoms with van der Waals surface area (Å²) in [5, 5.41) is 1.43. The number of esters is 1. The molecule has 170 valence electrons. The molecule has 0 saturated heterocycles. The minimum Gasteiger partial charge on any atom is -0.427 e. The molecule has 0 N–H and O–H groups in total. The number of carbonyl (C=O) groups is 2. The van der Waals surface area contributed by atoms with Crippen LogP contribution in [0.15, 0.2) is 17.9 Å². The Kier molecular flexibility index (Phi) is 6.63. The van der Waals surface area contributed by atoms with Gasteiger partial charge in [-0.25, -0.2) is 9.90 Å². The van der Waals surface area contributed by atoms with E-state index in [1.807, 2.05) is 41.5 Å². The molecule has 6 heteroatoms. The summed E-state index contributed by atoms with van der Waals surface area (Å²) in [6, 6.07) is 4.11. The van der Waals surface area contributed by atoms with Gasteiger partial charge in [-0.2, -0.15) is 0 Å². The molecule has 2 aliphatic rings. The second-order valence-corrected chi connectivity index (χ2v) is 9.84. The molecule has 31 heavy (non-hydrogen) atoms. The topological polar surface area (TPSA) is 65.1 Å². The first kappa shape index (κ1) is 23.5. The summed E-state index contributed by atoms with van der Waals surface area (Å²) in [5.41, 5.74) is 2.84. The van der Waals surface area contributed by atoms with Gasteiger partial charge in [-0.05, 0) is 71.1 Å². The lowest BCUT2D eigenvalue weighted by molar-refractivity contribution is -0.249. The summed E-state index contributed by atoms with van der Waals surface area (Å²) in [6.45, 7) is 11.4. The van der Waals surface area contributed by atoms with Gasteiger partial charge in [0.1, 0.15) is 11.3 Å². The molecule has 1 saturated carbocycles. The lowest BCUT2D eigenvalue weighted by atomic mass is 9.79. The average molecular weight is 430 g/mol. The number of hydrogen-bond acceptors (Lipinski definition) is 5. The van der Waals surface area contributed by atoms with Crippen molar-refractivity contribution in [1.82, 2.24) is 5.06 Å². The van der Waals surface area contributed by atoms with Crippen molar-refractivity contribution < 1.29 is 23.9 Å². The van der Waals surface area contributed by atoms with Crippen molar-refractivity contribution in [3.8, 4) is 0 Å². The molecule has 1 aromatic carbocycles. The van der Waals surface area contributed by atoms with Crippen LogP contribution >= 0.6 is 0 Å². The number of amides is 1. The van der Waals surface area contributed by atoms with Crippen LogP contribution in [0.4, 0.5) is 0 Å². The van der Waals surface area contributed by atoms with Gasteiger partial charge in [-0.15, -0.1) is 0 Å². The van der Waals surface area contributed by atoms with E-state index in [0.717, 1.165) is 41.5 Å². The molecule has 1 amide bonds. The Labute approximate surface area is 185 Å². The summed E-state index contributed by atoms with van der Waals surface area (Å²) in [7, 11) is 1.53. The molecule has 0 bridgehead atoms. The van der Waals surface area contributed by atoms with E-state index in [0.29, 0.717) is 24.2 Å². The lowest BCUT2D eigenvalue weighted by Gasteiger charge is -2.41. The molecule has 0 radical (unpaired) electrons. The smallest absolute Gasteiger partial charge is 0.316 e. The minimum atomic E-state index is -0.798. The second-order valence-electron chi connectivity index (χ2n) is 9.84. The van der Waals surface area contributed by atoms with Gasteiger partial charge in [0.2, 0.25) is 0 Å². The molecule has 1 aliphatic carbocycles. The molecule has 6 nitrogen and oxygen atoms in total. The van der Waals surface area contributed by atoms with Crippen molar-refractivity contribution in [3.05, 3.63) is 40.1 Å². The highest BCUT2D eigenvalue weighted by Crippen LogP contribution is 2.50. The first-order valence-corrected chi connectivity index (χ1v) is 11.0. The van der Waals surface area contributed by atoms with Crippen LogP contribution in [0, 0.1) is 26.2 Å². The third-order valence-corrected chi connectivity index (χ3v) is 6.15.